The van der Waals surface area contributed by atoms with Gasteiger partial charge in [0.05, 0.1) is 0 Å². The molecular weight excluding hydrogens is 120 g/mol. The summed E-state index contributed by atoms with van der Waals surface area (Å²) in [6, 6.07) is 0. The molecule has 0 aliphatic heterocycles. The molecule has 0 aromatic carbocycles. The molecule has 0 amide bonds. The summed E-state index contributed by atoms with van der Waals surface area (Å²) >= 11 is 0. The van der Waals surface area contributed by atoms with Crippen LogP contribution in [0.3, 0.4) is 0 Å². The molecule has 0 aliphatic carbocycles. The van der Waals surface area contributed by atoms with Gasteiger partial charge in [-0.05, 0) is 31.6 Å². The van der Waals surface area contributed by atoms with Gasteiger partial charge in [-0.1, -0.05) is 32.9 Å². The molecule has 0 spiro atoms. The van der Waals surface area contributed by atoms with Crippen LogP contribution in [-0.4, -0.2) is 0 Å². The van der Waals surface area contributed by atoms with Gasteiger partial charge in [-0.3, -0.25) is 0 Å². The quantitative estimate of drug-likeness (QED) is 0.413. The fraction of sp³-hybridized carbons (Fsp3) is 0.800. The van der Waals surface area contributed by atoms with Gasteiger partial charge in [0.15, 0.2) is 0 Å². The summed E-state index contributed by atoms with van der Waals surface area (Å²) in [5.41, 5.74) is 0.515. The molecule has 0 fully saturated rings. The molecule has 0 heterocycles. The lowest BCUT2D eigenvalue weighted by Gasteiger charge is -2.16. The van der Waals surface area contributed by atoms with E-state index in [9.17, 15) is 0 Å². The first kappa shape index (κ1) is 9.74. The van der Waals surface area contributed by atoms with E-state index in [-0.39, 0.29) is 0 Å². The molecule has 0 heteroatoms. The number of hydrogen-bond acceptors (Lipinski definition) is 0. The van der Waals surface area contributed by atoms with E-state index in [1.54, 1.807) is 0 Å². The van der Waals surface area contributed by atoms with Crippen molar-refractivity contribution in [2.75, 3.05) is 0 Å². The van der Waals surface area contributed by atoms with Gasteiger partial charge < -0.3 is 0 Å². The van der Waals surface area contributed by atoms with Crippen molar-refractivity contribution in [2.45, 2.75) is 47.0 Å². The molecule has 0 bridgehead atoms. The molecular formula is C10H20. The molecule has 0 saturated heterocycles. The Bertz CT molecular complexity index is 93.1. The van der Waals surface area contributed by atoms with Crippen LogP contribution in [0.2, 0.25) is 0 Å². The van der Waals surface area contributed by atoms with Crippen LogP contribution in [0.5, 0.6) is 0 Å². The van der Waals surface area contributed by atoms with E-state index in [0.29, 0.717) is 5.41 Å². The molecule has 0 N–H and O–H groups in total. The summed E-state index contributed by atoms with van der Waals surface area (Å²) in [4.78, 5) is 0. The van der Waals surface area contributed by atoms with Gasteiger partial charge in [0.2, 0.25) is 0 Å². The Morgan fingerprint density at radius 3 is 2.20 bits per heavy atom. The molecule has 0 saturated carbocycles. The van der Waals surface area contributed by atoms with E-state index >= 15 is 0 Å². The zero-order valence-electron chi connectivity index (χ0n) is 7.78. The van der Waals surface area contributed by atoms with E-state index in [2.05, 4.69) is 39.8 Å². The number of hydrogen-bond donors (Lipinski definition) is 0. The predicted octanol–water partition coefficient (Wildman–Crippen LogP) is 3.78. The lowest BCUT2D eigenvalue weighted by Crippen LogP contribution is -2.03. The van der Waals surface area contributed by atoms with E-state index < -0.39 is 0 Å². The highest BCUT2D eigenvalue weighted by Gasteiger charge is 2.07. The van der Waals surface area contributed by atoms with Gasteiger partial charge in [-0.2, -0.15) is 0 Å². The Kier molecular flexibility index (Phi) is 4.42. The molecule has 0 nitrogen and oxygen atoms in total. The standard InChI is InChI=1S/C10H20/c1-5-6-7-8-9-10(2,3)4/h5-6H,7-9H2,1-4H3/b6-5+. The van der Waals surface area contributed by atoms with E-state index in [0.717, 1.165) is 0 Å². The van der Waals surface area contributed by atoms with Crippen molar-refractivity contribution in [3.63, 3.8) is 0 Å². The third-order valence-corrected chi connectivity index (χ3v) is 1.53. The van der Waals surface area contributed by atoms with Crippen LogP contribution in [0, 0.1) is 5.41 Å². The Labute approximate surface area is 65.3 Å². The molecule has 0 aliphatic rings. The van der Waals surface area contributed by atoms with Crippen LogP contribution < -0.4 is 0 Å². The molecule has 0 radical (unpaired) electrons. The summed E-state index contributed by atoms with van der Waals surface area (Å²) in [5.74, 6) is 0. The summed E-state index contributed by atoms with van der Waals surface area (Å²) in [6.07, 6.45) is 8.27. The molecule has 0 unspecified atom stereocenters. The highest BCUT2D eigenvalue weighted by molar-refractivity contribution is 4.77. The summed E-state index contributed by atoms with van der Waals surface area (Å²) in [7, 11) is 0. The van der Waals surface area contributed by atoms with Crippen molar-refractivity contribution in [1.29, 1.82) is 0 Å². The zero-order valence-corrected chi connectivity index (χ0v) is 7.78. The van der Waals surface area contributed by atoms with Crippen LogP contribution in [0.1, 0.15) is 47.0 Å². The monoisotopic (exact) mass is 140 g/mol. The molecule has 0 aromatic rings. The normalized spacial score (nSPS) is 12.8. The second-order valence-electron chi connectivity index (χ2n) is 4.02. The van der Waals surface area contributed by atoms with Crippen LogP contribution in [0.25, 0.3) is 0 Å². The first-order valence-corrected chi connectivity index (χ1v) is 4.17. The largest absolute Gasteiger partial charge is 0.0917 e. The van der Waals surface area contributed by atoms with E-state index in [1.165, 1.54) is 19.3 Å². The fourth-order valence-electron chi connectivity index (χ4n) is 0.917. The second kappa shape index (κ2) is 4.54. The first-order chi connectivity index (χ1) is 4.56. The Balaban J connectivity index is 3.20. The van der Waals surface area contributed by atoms with E-state index in [4.69, 9.17) is 0 Å². The summed E-state index contributed by atoms with van der Waals surface area (Å²) in [5, 5.41) is 0. The summed E-state index contributed by atoms with van der Waals surface area (Å²) in [6.45, 7) is 8.96. The molecule has 0 aromatic heterocycles. The van der Waals surface area contributed by atoms with Crippen molar-refractivity contribution >= 4 is 0 Å². The maximum atomic E-state index is 2.29. The zero-order chi connectivity index (χ0) is 8.04. The van der Waals surface area contributed by atoms with Gasteiger partial charge in [0.25, 0.3) is 0 Å². The van der Waals surface area contributed by atoms with Crippen molar-refractivity contribution in [3.8, 4) is 0 Å². The SMILES string of the molecule is C/C=C/CCCC(C)(C)C. The molecule has 60 valence electrons. The van der Waals surface area contributed by atoms with Gasteiger partial charge >= 0.3 is 0 Å². The van der Waals surface area contributed by atoms with E-state index in [1.807, 2.05) is 0 Å². The maximum absolute atomic E-state index is 2.29. The minimum absolute atomic E-state index is 0.515. The highest BCUT2D eigenvalue weighted by atomic mass is 14.1. The van der Waals surface area contributed by atoms with Gasteiger partial charge in [0, 0.05) is 0 Å². The first-order valence-electron chi connectivity index (χ1n) is 4.17. The topological polar surface area (TPSA) is 0 Å². The third kappa shape index (κ3) is 7.74. The average Bonchev–Trinajstić information content (AvgIpc) is 1.78. The van der Waals surface area contributed by atoms with Crippen LogP contribution in [-0.2, 0) is 0 Å². The molecule has 10 heavy (non-hydrogen) atoms. The predicted molar refractivity (Wildman–Crippen MR) is 48.1 cm³/mol. The van der Waals surface area contributed by atoms with Gasteiger partial charge in [-0.15, -0.1) is 0 Å². The minimum atomic E-state index is 0.515. The Morgan fingerprint density at radius 1 is 1.20 bits per heavy atom. The number of allylic oxidation sites excluding steroid dienone is 2. The summed E-state index contributed by atoms with van der Waals surface area (Å²) < 4.78 is 0. The van der Waals surface area contributed by atoms with Crippen LogP contribution >= 0.6 is 0 Å². The molecule has 0 atom stereocenters. The smallest absolute Gasteiger partial charge is 0.0351 e. The van der Waals surface area contributed by atoms with Crippen molar-refractivity contribution in [1.82, 2.24) is 0 Å². The highest BCUT2D eigenvalue weighted by Crippen LogP contribution is 2.21. The minimum Gasteiger partial charge on any atom is -0.0917 e. The number of unbranched alkanes of at least 4 members (excludes halogenated alkanes) is 1. The Hall–Kier alpha value is -0.260. The van der Waals surface area contributed by atoms with Gasteiger partial charge in [-0.25, -0.2) is 0 Å². The lowest BCUT2D eigenvalue weighted by atomic mass is 9.90. The number of rotatable bonds is 3. The van der Waals surface area contributed by atoms with Crippen LogP contribution in [0.15, 0.2) is 12.2 Å². The van der Waals surface area contributed by atoms with Crippen molar-refractivity contribution < 1.29 is 0 Å². The average molecular weight is 140 g/mol. The maximum Gasteiger partial charge on any atom is -0.0351 e. The molecule has 0 rings (SSSR count). The lowest BCUT2D eigenvalue weighted by molar-refractivity contribution is 0.367. The second-order valence-corrected chi connectivity index (χ2v) is 4.02. The van der Waals surface area contributed by atoms with Gasteiger partial charge in [0.1, 0.15) is 0 Å². The van der Waals surface area contributed by atoms with Crippen molar-refractivity contribution in [3.05, 3.63) is 12.2 Å². The van der Waals surface area contributed by atoms with Crippen LogP contribution in [0.4, 0.5) is 0 Å². The fourth-order valence-corrected chi connectivity index (χ4v) is 0.917. The third-order valence-electron chi connectivity index (χ3n) is 1.53. The Morgan fingerprint density at radius 2 is 1.80 bits per heavy atom. The van der Waals surface area contributed by atoms with Crippen molar-refractivity contribution in [2.24, 2.45) is 5.41 Å².